The Bertz CT molecular complexity index is 986. The maximum absolute atomic E-state index is 12.6. The maximum atomic E-state index is 12.6. The lowest BCUT2D eigenvalue weighted by Gasteiger charge is -2.12. The number of hydrogen-bond acceptors (Lipinski definition) is 5. The molecule has 0 aliphatic carbocycles. The summed E-state index contributed by atoms with van der Waals surface area (Å²) in [7, 11) is 1.45. The van der Waals surface area contributed by atoms with Crippen LogP contribution in [0.5, 0.6) is 11.5 Å². The number of amides is 1. The molecule has 6 nitrogen and oxygen atoms in total. The molecular formula is C21H19IN2O4. The molecule has 0 saturated heterocycles. The largest absolute Gasteiger partial charge is 0.493 e. The lowest BCUT2D eigenvalue weighted by Crippen LogP contribution is -2.15. The van der Waals surface area contributed by atoms with Crippen molar-refractivity contribution >= 4 is 46.2 Å². The van der Waals surface area contributed by atoms with E-state index in [1.54, 1.807) is 12.1 Å². The smallest absolute Gasteiger partial charge is 0.308 e. The van der Waals surface area contributed by atoms with Gasteiger partial charge in [-0.3, -0.25) is 9.59 Å². The van der Waals surface area contributed by atoms with Gasteiger partial charge >= 0.3 is 5.97 Å². The third kappa shape index (κ3) is 5.10. The number of benzene rings is 2. The zero-order valence-electron chi connectivity index (χ0n) is 15.9. The van der Waals surface area contributed by atoms with Crippen molar-refractivity contribution in [1.29, 1.82) is 5.26 Å². The molecule has 1 amide bonds. The third-order valence-electron chi connectivity index (χ3n) is 3.89. The zero-order valence-corrected chi connectivity index (χ0v) is 18.1. The van der Waals surface area contributed by atoms with Gasteiger partial charge in [0.25, 0.3) is 5.91 Å². The fraction of sp³-hybridized carbons (Fsp3) is 0.190. The number of ether oxygens (including phenoxy) is 2. The molecule has 2 rings (SSSR count). The molecule has 0 radical (unpaired) electrons. The van der Waals surface area contributed by atoms with E-state index in [1.807, 2.05) is 60.7 Å². The Labute approximate surface area is 177 Å². The maximum Gasteiger partial charge on any atom is 0.308 e. The summed E-state index contributed by atoms with van der Waals surface area (Å²) in [5.74, 6) is -0.338. The number of carbonyl (C=O) groups is 2. The summed E-state index contributed by atoms with van der Waals surface area (Å²) in [4.78, 5) is 23.9. The number of esters is 1. The molecule has 144 valence electrons. The van der Waals surface area contributed by atoms with Crippen molar-refractivity contribution in [2.24, 2.45) is 0 Å². The van der Waals surface area contributed by atoms with Crippen LogP contribution in [-0.4, -0.2) is 19.0 Å². The number of carbonyl (C=O) groups excluding carboxylic acids is 2. The highest BCUT2D eigenvalue weighted by molar-refractivity contribution is 14.1. The molecule has 0 bridgehead atoms. The monoisotopic (exact) mass is 490 g/mol. The van der Waals surface area contributed by atoms with Crippen molar-refractivity contribution in [2.45, 2.75) is 20.8 Å². The average molecular weight is 490 g/mol. The van der Waals surface area contributed by atoms with Crippen LogP contribution in [0.25, 0.3) is 6.08 Å². The van der Waals surface area contributed by atoms with Crippen LogP contribution in [0.3, 0.4) is 0 Å². The summed E-state index contributed by atoms with van der Waals surface area (Å²) >= 11 is 2.00. The quantitative estimate of drug-likeness (QED) is 0.221. The van der Waals surface area contributed by atoms with Crippen molar-refractivity contribution in [2.75, 3.05) is 12.4 Å². The lowest BCUT2D eigenvalue weighted by molar-refractivity contribution is -0.132. The highest BCUT2D eigenvalue weighted by Crippen LogP contribution is 2.34. The molecule has 0 atom stereocenters. The van der Waals surface area contributed by atoms with E-state index in [0.29, 0.717) is 26.3 Å². The number of anilines is 1. The van der Waals surface area contributed by atoms with Gasteiger partial charge < -0.3 is 14.8 Å². The van der Waals surface area contributed by atoms with Crippen LogP contribution in [0.15, 0.2) is 35.9 Å². The highest BCUT2D eigenvalue weighted by Gasteiger charge is 2.16. The first-order valence-corrected chi connectivity index (χ1v) is 9.40. The van der Waals surface area contributed by atoms with Crippen molar-refractivity contribution in [3.63, 3.8) is 0 Å². The summed E-state index contributed by atoms with van der Waals surface area (Å²) in [6.45, 7) is 5.08. The number of para-hydroxylation sites is 1. The van der Waals surface area contributed by atoms with Crippen molar-refractivity contribution < 1.29 is 19.1 Å². The molecular weight excluding hydrogens is 471 g/mol. The Morgan fingerprint density at radius 3 is 2.39 bits per heavy atom. The topological polar surface area (TPSA) is 88.4 Å². The molecule has 0 heterocycles. The van der Waals surface area contributed by atoms with Gasteiger partial charge in [-0.15, -0.1) is 0 Å². The van der Waals surface area contributed by atoms with E-state index in [2.05, 4.69) is 5.32 Å². The number of hydrogen-bond donors (Lipinski definition) is 1. The number of nitrogens with zero attached hydrogens (tertiary/aromatic N) is 1. The molecule has 0 saturated carbocycles. The van der Waals surface area contributed by atoms with E-state index >= 15 is 0 Å². The van der Waals surface area contributed by atoms with Crippen LogP contribution in [0.1, 0.15) is 23.6 Å². The lowest BCUT2D eigenvalue weighted by atomic mass is 10.1. The van der Waals surface area contributed by atoms with Crippen molar-refractivity contribution in [3.05, 3.63) is 56.2 Å². The second-order valence-corrected chi connectivity index (χ2v) is 7.18. The van der Waals surface area contributed by atoms with E-state index in [9.17, 15) is 14.9 Å². The van der Waals surface area contributed by atoms with Gasteiger partial charge in [-0.2, -0.15) is 5.26 Å². The number of methoxy groups -OCH3 is 1. The zero-order chi connectivity index (χ0) is 20.8. The Morgan fingerprint density at radius 2 is 1.86 bits per heavy atom. The molecule has 28 heavy (non-hydrogen) atoms. The molecule has 0 unspecified atom stereocenters. The minimum absolute atomic E-state index is 0.0549. The van der Waals surface area contributed by atoms with E-state index in [1.165, 1.54) is 20.1 Å². The molecule has 0 aliphatic heterocycles. The van der Waals surface area contributed by atoms with Gasteiger partial charge in [0.15, 0.2) is 11.5 Å². The van der Waals surface area contributed by atoms with Crippen molar-refractivity contribution in [1.82, 2.24) is 0 Å². The van der Waals surface area contributed by atoms with Gasteiger partial charge in [0.2, 0.25) is 0 Å². The number of aryl methyl sites for hydroxylation is 2. The summed E-state index contributed by atoms with van der Waals surface area (Å²) < 4.78 is 11.1. The fourth-order valence-corrected chi connectivity index (χ4v) is 3.31. The SMILES string of the molecule is COc1cc(C=C(C#N)C(=O)Nc2c(C)cccc2C)cc(I)c1OC(C)=O. The van der Waals surface area contributed by atoms with Gasteiger partial charge in [0, 0.05) is 12.6 Å². The average Bonchev–Trinajstić information content (AvgIpc) is 2.64. The van der Waals surface area contributed by atoms with E-state index < -0.39 is 11.9 Å². The molecule has 2 aromatic rings. The summed E-state index contributed by atoms with van der Waals surface area (Å²) in [6, 6.07) is 10.9. The molecule has 0 fully saturated rings. The fourth-order valence-electron chi connectivity index (χ4n) is 2.57. The van der Waals surface area contributed by atoms with Crippen LogP contribution >= 0.6 is 22.6 Å². The first-order chi connectivity index (χ1) is 13.3. The van der Waals surface area contributed by atoms with Crippen LogP contribution in [-0.2, 0) is 9.59 Å². The predicted octanol–water partition coefficient (Wildman–Crippen LogP) is 4.39. The molecule has 0 aromatic heterocycles. The van der Waals surface area contributed by atoms with Crippen LogP contribution in [0, 0.1) is 28.7 Å². The van der Waals surface area contributed by atoms with Gasteiger partial charge in [-0.25, -0.2) is 0 Å². The number of nitrogens with one attached hydrogen (secondary N) is 1. The Hall–Kier alpha value is -2.86. The summed E-state index contributed by atoms with van der Waals surface area (Å²) in [6.07, 6.45) is 1.46. The van der Waals surface area contributed by atoms with Gasteiger partial charge in [-0.05, 0) is 71.3 Å². The van der Waals surface area contributed by atoms with Crippen LogP contribution in [0.4, 0.5) is 5.69 Å². The van der Waals surface area contributed by atoms with Crippen LogP contribution < -0.4 is 14.8 Å². The standard InChI is InChI=1S/C21H19IN2O4/c1-12-6-5-7-13(2)19(12)24-21(26)16(11-23)8-15-9-17(22)20(28-14(3)25)18(10-15)27-4/h5-10H,1-4H3,(H,24,26). The second kappa shape index (κ2) is 9.37. The number of halogens is 1. The normalized spacial score (nSPS) is 10.8. The Kier molecular flexibility index (Phi) is 7.18. The molecule has 0 spiro atoms. The van der Waals surface area contributed by atoms with Crippen molar-refractivity contribution in [3.8, 4) is 17.6 Å². The molecule has 1 N–H and O–H groups in total. The van der Waals surface area contributed by atoms with Gasteiger partial charge in [-0.1, -0.05) is 18.2 Å². The van der Waals surface area contributed by atoms with Crippen LogP contribution in [0.2, 0.25) is 0 Å². The molecule has 0 aliphatic rings. The molecule has 2 aromatic carbocycles. The Morgan fingerprint density at radius 1 is 1.21 bits per heavy atom. The predicted molar refractivity (Wildman–Crippen MR) is 115 cm³/mol. The second-order valence-electron chi connectivity index (χ2n) is 6.02. The summed E-state index contributed by atoms with van der Waals surface area (Å²) in [5.41, 5.74) is 3.03. The van der Waals surface area contributed by atoms with Gasteiger partial charge in [0.1, 0.15) is 11.6 Å². The van der Waals surface area contributed by atoms with E-state index in [0.717, 1.165) is 11.1 Å². The van der Waals surface area contributed by atoms with E-state index in [4.69, 9.17) is 9.47 Å². The first kappa shape index (κ1) is 21.4. The first-order valence-electron chi connectivity index (χ1n) is 8.32. The van der Waals surface area contributed by atoms with E-state index in [-0.39, 0.29) is 5.57 Å². The number of rotatable bonds is 5. The minimum atomic E-state index is -0.502. The highest BCUT2D eigenvalue weighted by atomic mass is 127. The molecule has 7 heteroatoms. The Balaban J connectivity index is 2.38. The number of nitriles is 1. The summed E-state index contributed by atoms with van der Waals surface area (Å²) in [5, 5.41) is 12.3. The minimum Gasteiger partial charge on any atom is -0.493 e. The third-order valence-corrected chi connectivity index (χ3v) is 4.69. The van der Waals surface area contributed by atoms with Gasteiger partial charge in [0.05, 0.1) is 10.7 Å².